The van der Waals surface area contributed by atoms with E-state index in [-0.39, 0.29) is 29.8 Å². The predicted octanol–water partition coefficient (Wildman–Crippen LogP) is 7.03. The van der Waals surface area contributed by atoms with Gasteiger partial charge in [0.25, 0.3) is 0 Å². The Balaban J connectivity index is 0.895. The summed E-state index contributed by atoms with van der Waals surface area (Å²) >= 11 is 0. The Morgan fingerprint density at radius 3 is 2.16 bits per heavy atom. The summed E-state index contributed by atoms with van der Waals surface area (Å²) in [7, 11) is 2.58. The first-order chi connectivity index (χ1) is 29.6. The molecular formula is C46H47N9O6. The third-order valence-corrected chi connectivity index (χ3v) is 12.1. The van der Waals surface area contributed by atoms with E-state index in [4.69, 9.17) is 24.4 Å². The van der Waals surface area contributed by atoms with Crippen molar-refractivity contribution in [3.63, 3.8) is 0 Å². The Morgan fingerprint density at radius 2 is 1.44 bits per heavy atom. The number of aromatic amines is 2. The van der Waals surface area contributed by atoms with Crippen molar-refractivity contribution in [2.24, 2.45) is 5.92 Å². The lowest BCUT2D eigenvalue weighted by Crippen LogP contribution is -2.51. The van der Waals surface area contributed by atoms with Crippen LogP contribution < -0.4 is 15.5 Å². The van der Waals surface area contributed by atoms with E-state index in [1.54, 1.807) is 9.80 Å². The van der Waals surface area contributed by atoms with Crippen LogP contribution in [-0.4, -0.2) is 86.7 Å². The first-order valence-electron chi connectivity index (χ1n) is 20.7. The first kappa shape index (κ1) is 39.4. The van der Waals surface area contributed by atoms with Gasteiger partial charge in [0.15, 0.2) is 0 Å². The molecule has 0 spiro atoms. The van der Waals surface area contributed by atoms with Crippen molar-refractivity contribution in [2.45, 2.75) is 70.1 Å². The highest BCUT2D eigenvalue weighted by atomic mass is 16.5. The van der Waals surface area contributed by atoms with E-state index in [0.29, 0.717) is 37.5 Å². The molecule has 0 aliphatic carbocycles. The van der Waals surface area contributed by atoms with Crippen molar-refractivity contribution >= 4 is 40.6 Å². The lowest BCUT2D eigenvalue weighted by atomic mass is 10.0. The molecule has 3 aromatic carbocycles. The number of fused-ring (bicyclic) bond motifs is 1. The van der Waals surface area contributed by atoms with Gasteiger partial charge in [-0.05, 0) is 60.9 Å². The number of alkyl carbamates (subject to hydrolysis) is 2. The maximum Gasteiger partial charge on any atom is 0.407 e. The second kappa shape index (κ2) is 16.2. The number of imidazole rings is 2. The third kappa shape index (κ3) is 7.44. The fourth-order valence-corrected chi connectivity index (χ4v) is 8.95. The van der Waals surface area contributed by atoms with Crippen molar-refractivity contribution in [3.8, 4) is 33.8 Å². The number of nitrogens with one attached hydrogen (secondary N) is 4. The normalized spacial score (nSPS) is 18.8. The molecule has 0 saturated carbocycles. The van der Waals surface area contributed by atoms with Crippen molar-refractivity contribution in [3.05, 3.63) is 108 Å². The minimum Gasteiger partial charge on any atom is -0.453 e. The number of rotatable bonds is 9. The molecule has 3 aliphatic rings. The molecule has 15 nitrogen and oxygen atoms in total. The summed E-state index contributed by atoms with van der Waals surface area (Å²) < 4.78 is 9.58. The molecule has 0 bridgehead atoms. The predicted molar refractivity (Wildman–Crippen MR) is 228 cm³/mol. The summed E-state index contributed by atoms with van der Waals surface area (Å²) in [5, 5.41) is 6.40. The molecule has 6 heterocycles. The number of aromatic nitrogens is 5. The Morgan fingerprint density at radius 1 is 0.770 bits per heavy atom. The van der Waals surface area contributed by atoms with E-state index in [1.807, 2.05) is 80.8 Å². The van der Waals surface area contributed by atoms with Crippen LogP contribution in [0.5, 0.6) is 0 Å². The van der Waals surface area contributed by atoms with E-state index >= 15 is 0 Å². The third-order valence-electron chi connectivity index (χ3n) is 12.1. The maximum absolute atomic E-state index is 13.9. The number of hydrogen-bond donors (Lipinski definition) is 4. The van der Waals surface area contributed by atoms with Crippen molar-refractivity contribution in [1.82, 2.24) is 40.5 Å². The minimum absolute atomic E-state index is 0.114. The number of hydrogen-bond acceptors (Lipinski definition) is 9. The molecule has 1 fully saturated rings. The molecule has 4 N–H and O–H groups in total. The van der Waals surface area contributed by atoms with Gasteiger partial charge in [0.1, 0.15) is 23.7 Å². The lowest BCUT2D eigenvalue weighted by molar-refractivity contribution is -0.135. The Kier molecular flexibility index (Phi) is 10.5. The molecule has 312 valence electrons. The Labute approximate surface area is 352 Å². The molecule has 0 radical (unpaired) electrons. The Bertz CT molecular complexity index is 2650. The fraction of sp³-hybridized carbons (Fsp3) is 0.326. The van der Waals surface area contributed by atoms with Crippen LogP contribution in [0.4, 0.5) is 15.3 Å². The first-order valence-corrected chi connectivity index (χ1v) is 20.7. The van der Waals surface area contributed by atoms with E-state index in [1.165, 1.54) is 14.2 Å². The summed E-state index contributed by atoms with van der Waals surface area (Å²) in [5.41, 5.74) is 9.08. The highest BCUT2D eigenvalue weighted by Crippen LogP contribution is 2.45. The van der Waals surface area contributed by atoms with Crippen LogP contribution in [0, 0.1) is 5.92 Å². The number of amides is 4. The van der Waals surface area contributed by atoms with Crippen molar-refractivity contribution < 1.29 is 28.7 Å². The minimum atomic E-state index is -0.706. The number of nitrogens with zero attached hydrogens (tertiary/aromatic N) is 5. The number of aryl methyl sites for hydroxylation is 1. The number of para-hydroxylation sites is 1. The highest BCUT2D eigenvalue weighted by Gasteiger charge is 2.43. The van der Waals surface area contributed by atoms with E-state index in [2.05, 4.69) is 38.8 Å². The zero-order valence-electron chi connectivity index (χ0n) is 34.4. The van der Waals surface area contributed by atoms with Gasteiger partial charge >= 0.3 is 12.2 Å². The van der Waals surface area contributed by atoms with Crippen LogP contribution in [0.15, 0.2) is 85.2 Å². The maximum atomic E-state index is 13.9. The number of likely N-dealkylation sites (tertiary alicyclic amines) is 1. The van der Waals surface area contributed by atoms with Crippen molar-refractivity contribution in [2.75, 3.05) is 25.7 Å². The smallest absolute Gasteiger partial charge is 0.407 e. The van der Waals surface area contributed by atoms with Crippen LogP contribution in [0.1, 0.15) is 68.0 Å². The van der Waals surface area contributed by atoms with Gasteiger partial charge in [-0.1, -0.05) is 68.4 Å². The monoisotopic (exact) mass is 821 g/mol. The van der Waals surface area contributed by atoms with E-state index in [0.717, 1.165) is 74.3 Å². The quantitative estimate of drug-likeness (QED) is 0.119. The number of carbonyl (C=O) groups is 4. The van der Waals surface area contributed by atoms with E-state index < -0.39 is 24.3 Å². The van der Waals surface area contributed by atoms with Gasteiger partial charge in [-0.2, -0.15) is 0 Å². The summed E-state index contributed by atoms with van der Waals surface area (Å²) in [6.07, 6.45) is 5.84. The van der Waals surface area contributed by atoms with E-state index in [9.17, 15) is 19.2 Å². The van der Waals surface area contributed by atoms with Crippen LogP contribution in [0.25, 0.3) is 44.7 Å². The van der Waals surface area contributed by atoms with Gasteiger partial charge in [0.05, 0.1) is 54.6 Å². The zero-order chi connectivity index (χ0) is 42.4. The Hall–Kier alpha value is -7.03. The second-order valence-electron chi connectivity index (χ2n) is 16.2. The number of H-pyrrole nitrogens is 2. The molecule has 4 amide bonds. The van der Waals surface area contributed by atoms with Crippen LogP contribution >= 0.6 is 0 Å². The molecule has 9 rings (SSSR count). The molecule has 0 unspecified atom stereocenters. The van der Waals surface area contributed by atoms with Crippen LogP contribution in [-0.2, 0) is 31.9 Å². The number of methoxy groups -OCH3 is 2. The molecule has 15 heteroatoms. The van der Waals surface area contributed by atoms with Crippen LogP contribution in [0.2, 0.25) is 0 Å². The van der Waals surface area contributed by atoms with Gasteiger partial charge < -0.3 is 35.0 Å². The molecular weight excluding hydrogens is 775 g/mol. The summed E-state index contributed by atoms with van der Waals surface area (Å²) in [4.78, 5) is 76.8. The van der Waals surface area contributed by atoms with Gasteiger partial charge in [-0.15, -0.1) is 0 Å². The molecule has 4 atom stereocenters. The summed E-state index contributed by atoms with van der Waals surface area (Å²) in [5.74, 6) is 0.950. The van der Waals surface area contributed by atoms with Crippen molar-refractivity contribution in [1.29, 1.82) is 0 Å². The molecule has 3 aliphatic heterocycles. The van der Waals surface area contributed by atoms with Gasteiger partial charge in [0, 0.05) is 47.4 Å². The largest absolute Gasteiger partial charge is 0.453 e. The molecule has 6 aromatic rings. The second-order valence-corrected chi connectivity index (χ2v) is 16.2. The number of benzene rings is 3. The number of ether oxygens (including phenoxy) is 2. The average molecular weight is 822 g/mol. The molecule has 61 heavy (non-hydrogen) atoms. The number of carbonyl (C=O) groups excluding carboxylic acids is 4. The zero-order valence-corrected chi connectivity index (χ0v) is 34.4. The SMILES string of the molecule is COC(=O)N[C@H]1CCc2cccc3c2N(C1=O)[C@H](c1nc(-c2ccc(-c4ccc5cc(-c6c[nH]c([C@@H]7CCCN7C(=O)[C@@H](NC(=O)OC)C(C)C)n6)ccc5n4)cc2)c[nH]1)C3. The fourth-order valence-electron chi connectivity index (χ4n) is 8.95. The topological polar surface area (TPSA) is 188 Å². The highest BCUT2D eigenvalue weighted by molar-refractivity contribution is 6.02. The standard InChI is InChI=1S/C46H47N9O6/c1-25(2)39(53-46(59)61-4)44(57)54-20-6-9-37(54)41-47-24-36(51-41)30-16-18-33-29(21-30)15-17-32(49-33)26-10-12-27(13-11-26)35-23-48-42(50-35)38-22-31-8-5-7-28-14-19-34(52-45(58)60-3)43(56)55(38)40(28)31/h5,7-8,10-13,15-18,21,23-25,34,37-39H,6,9,14,19-20,22H2,1-4H3,(H,47,51)(H,48,50)(H,52,58)(H,53,59)/t34-,37-,38-,39-/m0/s1. The molecule has 3 aromatic heterocycles. The van der Waals surface area contributed by atoms with Gasteiger partial charge in [-0.25, -0.2) is 24.5 Å². The van der Waals surface area contributed by atoms with Gasteiger partial charge in [-0.3, -0.25) is 14.5 Å². The summed E-state index contributed by atoms with van der Waals surface area (Å²) in [6.45, 7) is 4.38. The van der Waals surface area contributed by atoms with Gasteiger partial charge in [0.2, 0.25) is 11.8 Å². The molecule has 1 saturated heterocycles. The van der Waals surface area contributed by atoms with Crippen LogP contribution in [0.3, 0.4) is 0 Å². The lowest BCUT2D eigenvalue weighted by Gasteiger charge is -2.29. The number of pyridine rings is 1. The summed E-state index contributed by atoms with van der Waals surface area (Å²) in [6, 6.07) is 22.4. The average Bonchev–Trinajstić information content (AvgIpc) is 4.11. The number of anilines is 1.